The Hall–Kier alpha value is -2.18. The number of fused-ring (bicyclic) bond motifs is 3. The Kier molecular flexibility index (Phi) is 3.20. The molecule has 22 heavy (non-hydrogen) atoms. The number of carboxylic acids is 1. The lowest BCUT2D eigenvalue weighted by atomic mass is 9.96. The van der Waals surface area contributed by atoms with Crippen LogP contribution in [0.1, 0.15) is 17.0 Å². The molecule has 0 radical (unpaired) electrons. The van der Waals surface area contributed by atoms with Gasteiger partial charge in [-0.2, -0.15) is 0 Å². The highest BCUT2D eigenvalue weighted by Crippen LogP contribution is 2.31. The van der Waals surface area contributed by atoms with Gasteiger partial charge in [0, 0.05) is 41.5 Å². The lowest BCUT2D eigenvalue weighted by Gasteiger charge is -2.32. The highest BCUT2D eigenvalue weighted by molar-refractivity contribution is 7.07. The van der Waals surface area contributed by atoms with Crippen molar-refractivity contribution >= 4 is 28.2 Å². The minimum absolute atomic E-state index is 0.506. The molecule has 112 valence electrons. The maximum Gasteiger partial charge on any atom is 0.321 e. The minimum atomic E-state index is -0.772. The number of H-pyrrole nitrogens is 1. The normalized spacial score (nSPS) is 18.5. The Morgan fingerprint density at radius 3 is 3.09 bits per heavy atom. The van der Waals surface area contributed by atoms with E-state index in [1.165, 1.54) is 11.3 Å². The third-order valence-electron chi connectivity index (χ3n) is 4.24. The van der Waals surface area contributed by atoms with Gasteiger partial charge < -0.3 is 10.1 Å². The number of thiazole rings is 1. The first-order valence-electron chi connectivity index (χ1n) is 7.15. The molecule has 5 nitrogen and oxygen atoms in total. The van der Waals surface area contributed by atoms with Gasteiger partial charge in [0.15, 0.2) is 0 Å². The summed E-state index contributed by atoms with van der Waals surface area (Å²) in [5.74, 6) is -0.772. The van der Waals surface area contributed by atoms with Crippen LogP contribution in [0.5, 0.6) is 0 Å². The van der Waals surface area contributed by atoms with Gasteiger partial charge in [-0.1, -0.05) is 18.2 Å². The summed E-state index contributed by atoms with van der Waals surface area (Å²) >= 11 is 1.53. The number of carbonyl (C=O) groups is 1. The topological polar surface area (TPSA) is 69.2 Å². The summed E-state index contributed by atoms with van der Waals surface area (Å²) in [6, 6.07) is 7.57. The molecule has 3 aromatic rings. The summed E-state index contributed by atoms with van der Waals surface area (Å²) in [5, 5.41) is 12.7. The molecule has 4 rings (SSSR count). The van der Waals surface area contributed by atoms with Gasteiger partial charge in [-0.15, -0.1) is 11.3 Å². The number of carboxylic acid groups (broad SMARTS) is 1. The molecule has 1 aliphatic rings. The third-order valence-corrected chi connectivity index (χ3v) is 4.87. The van der Waals surface area contributed by atoms with E-state index in [4.69, 9.17) is 0 Å². The van der Waals surface area contributed by atoms with E-state index < -0.39 is 12.0 Å². The molecule has 1 unspecified atom stereocenters. The van der Waals surface area contributed by atoms with Crippen LogP contribution in [0.15, 0.2) is 35.2 Å². The predicted molar refractivity (Wildman–Crippen MR) is 84.8 cm³/mol. The van der Waals surface area contributed by atoms with Crippen LogP contribution in [-0.2, 0) is 24.3 Å². The van der Waals surface area contributed by atoms with Crippen LogP contribution in [0, 0.1) is 0 Å². The van der Waals surface area contributed by atoms with Gasteiger partial charge in [0.2, 0.25) is 0 Å². The van der Waals surface area contributed by atoms with Crippen molar-refractivity contribution in [3.05, 3.63) is 52.1 Å². The van der Waals surface area contributed by atoms with Crippen molar-refractivity contribution < 1.29 is 9.90 Å². The molecule has 0 saturated carbocycles. The van der Waals surface area contributed by atoms with Crippen LogP contribution in [0.25, 0.3) is 10.9 Å². The van der Waals surface area contributed by atoms with E-state index in [0.29, 0.717) is 19.5 Å². The van der Waals surface area contributed by atoms with Crippen molar-refractivity contribution in [3.8, 4) is 0 Å². The van der Waals surface area contributed by atoms with Gasteiger partial charge in [-0.05, 0) is 11.6 Å². The molecule has 0 amide bonds. The fourth-order valence-electron chi connectivity index (χ4n) is 3.19. The van der Waals surface area contributed by atoms with Crippen molar-refractivity contribution in [3.63, 3.8) is 0 Å². The molecule has 6 heteroatoms. The summed E-state index contributed by atoms with van der Waals surface area (Å²) < 4.78 is 0. The lowest BCUT2D eigenvalue weighted by Crippen LogP contribution is -2.45. The third kappa shape index (κ3) is 2.20. The maximum atomic E-state index is 11.7. The molecule has 1 aromatic carbocycles. The van der Waals surface area contributed by atoms with Crippen LogP contribution >= 0.6 is 11.3 Å². The van der Waals surface area contributed by atoms with E-state index in [1.54, 1.807) is 5.51 Å². The fraction of sp³-hybridized carbons (Fsp3) is 0.250. The number of aromatic nitrogens is 2. The number of aliphatic carboxylic acids is 1. The molecule has 0 spiro atoms. The molecule has 1 aliphatic heterocycles. The standard InChI is InChI=1S/C16H15N3O2S/c20-16(21)15-5-12-11-3-1-2-4-13(11)18-14(12)7-19(15)6-10-8-22-9-17-10/h1-4,8-9,15,18H,5-7H2,(H,20,21). The summed E-state index contributed by atoms with van der Waals surface area (Å²) in [5.41, 5.74) is 6.04. The number of rotatable bonds is 3. The molecule has 0 bridgehead atoms. The van der Waals surface area contributed by atoms with E-state index >= 15 is 0 Å². The number of nitrogens with zero attached hydrogens (tertiary/aromatic N) is 2. The molecule has 1 atom stereocenters. The second-order valence-corrected chi connectivity index (χ2v) is 6.29. The first-order chi connectivity index (χ1) is 10.7. The quantitative estimate of drug-likeness (QED) is 0.780. The Morgan fingerprint density at radius 1 is 1.45 bits per heavy atom. The second-order valence-electron chi connectivity index (χ2n) is 5.57. The highest BCUT2D eigenvalue weighted by atomic mass is 32.1. The Balaban J connectivity index is 1.73. The number of para-hydroxylation sites is 1. The SMILES string of the molecule is O=C(O)C1Cc2c([nH]c3ccccc23)CN1Cc1cscn1. The highest BCUT2D eigenvalue weighted by Gasteiger charge is 2.33. The van der Waals surface area contributed by atoms with E-state index in [2.05, 4.69) is 16.0 Å². The zero-order valence-electron chi connectivity index (χ0n) is 11.8. The lowest BCUT2D eigenvalue weighted by molar-refractivity contribution is -0.144. The summed E-state index contributed by atoms with van der Waals surface area (Å²) in [6.45, 7) is 1.17. The van der Waals surface area contributed by atoms with Crippen LogP contribution in [0.4, 0.5) is 0 Å². The number of aromatic amines is 1. The van der Waals surface area contributed by atoms with Crippen LogP contribution in [0.2, 0.25) is 0 Å². The van der Waals surface area contributed by atoms with Crippen molar-refractivity contribution in [2.45, 2.75) is 25.6 Å². The first-order valence-corrected chi connectivity index (χ1v) is 8.09. The van der Waals surface area contributed by atoms with E-state index in [0.717, 1.165) is 27.9 Å². The van der Waals surface area contributed by atoms with Crippen molar-refractivity contribution in [1.82, 2.24) is 14.9 Å². The van der Waals surface area contributed by atoms with Crippen LogP contribution < -0.4 is 0 Å². The molecule has 3 heterocycles. The molecule has 0 saturated heterocycles. The monoisotopic (exact) mass is 313 g/mol. The average molecular weight is 313 g/mol. The number of nitrogens with one attached hydrogen (secondary N) is 1. The smallest absolute Gasteiger partial charge is 0.321 e. The van der Waals surface area contributed by atoms with Gasteiger partial charge >= 0.3 is 5.97 Å². The molecule has 0 fully saturated rings. The molecule has 0 aliphatic carbocycles. The van der Waals surface area contributed by atoms with Crippen molar-refractivity contribution in [1.29, 1.82) is 0 Å². The van der Waals surface area contributed by atoms with Gasteiger partial charge in [0.25, 0.3) is 0 Å². The minimum Gasteiger partial charge on any atom is -0.480 e. The summed E-state index contributed by atoms with van der Waals surface area (Å²) in [6.07, 6.45) is 0.527. The Bertz CT molecular complexity index is 825. The van der Waals surface area contributed by atoms with Crippen molar-refractivity contribution in [2.24, 2.45) is 0 Å². The zero-order chi connectivity index (χ0) is 15.1. The summed E-state index contributed by atoms with van der Waals surface area (Å²) in [4.78, 5) is 21.4. The molecule has 2 aromatic heterocycles. The molecular formula is C16H15N3O2S. The number of hydrogen-bond donors (Lipinski definition) is 2. The number of hydrogen-bond acceptors (Lipinski definition) is 4. The molecular weight excluding hydrogens is 298 g/mol. The average Bonchev–Trinajstić information content (AvgIpc) is 3.13. The first kappa shape index (κ1) is 13.5. The zero-order valence-corrected chi connectivity index (χ0v) is 12.6. The van der Waals surface area contributed by atoms with Crippen molar-refractivity contribution in [2.75, 3.05) is 0 Å². The van der Waals surface area contributed by atoms with E-state index in [1.807, 2.05) is 28.5 Å². The fourth-order valence-corrected chi connectivity index (χ4v) is 3.74. The van der Waals surface area contributed by atoms with E-state index in [-0.39, 0.29) is 0 Å². The molecule has 2 N–H and O–H groups in total. The maximum absolute atomic E-state index is 11.7. The summed E-state index contributed by atoms with van der Waals surface area (Å²) in [7, 11) is 0. The van der Waals surface area contributed by atoms with Gasteiger partial charge in [0.1, 0.15) is 6.04 Å². The largest absolute Gasteiger partial charge is 0.480 e. The second kappa shape index (κ2) is 5.23. The predicted octanol–water partition coefficient (Wildman–Crippen LogP) is 2.64. The van der Waals surface area contributed by atoms with Crippen LogP contribution in [0.3, 0.4) is 0 Å². The van der Waals surface area contributed by atoms with Gasteiger partial charge in [0.05, 0.1) is 11.2 Å². The number of benzene rings is 1. The van der Waals surface area contributed by atoms with Gasteiger partial charge in [-0.25, -0.2) is 4.98 Å². The Morgan fingerprint density at radius 2 is 2.32 bits per heavy atom. The Labute approximate surface area is 131 Å². The van der Waals surface area contributed by atoms with Crippen LogP contribution in [-0.4, -0.2) is 32.0 Å². The van der Waals surface area contributed by atoms with Gasteiger partial charge in [-0.3, -0.25) is 9.69 Å². The van der Waals surface area contributed by atoms with E-state index in [9.17, 15) is 9.90 Å².